The van der Waals surface area contributed by atoms with Crippen molar-refractivity contribution in [1.82, 2.24) is 4.98 Å². The van der Waals surface area contributed by atoms with Gasteiger partial charge in [-0.05, 0) is 137 Å². The van der Waals surface area contributed by atoms with Crippen molar-refractivity contribution in [2.24, 2.45) is 47.3 Å². The molecule has 7 heteroatoms. The van der Waals surface area contributed by atoms with E-state index in [2.05, 4.69) is 18.8 Å². The van der Waals surface area contributed by atoms with Crippen molar-refractivity contribution in [1.29, 1.82) is 0 Å². The third-order valence-corrected chi connectivity index (χ3v) is 13.6. The van der Waals surface area contributed by atoms with Crippen LogP contribution in [0.2, 0.25) is 0 Å². The molecule has 3 aromatic rings. The molecule has 7 rings (SSSR count). The highest BCUT2D eigenvalue weighted by atomic mass is 16.5. The highest BCUT2D eigenvalue weighted by Gasteiger charge is 2.35. The van der Waals surface area contributed by atoms with Crippen molar-refractivity contribution in [3.05, 3.63) is 52.9 Å². The Morgan fingerprint density at radius 3 is 1.51 bits per heavy atom. The molecular weight excluding hydrogens is 638 g/mol. The first-order chi connectivity index (χ1) is 24.9. The molecule has 4 aliphatic carbocycles. The van der Waals surface area contributed by atoms with Crippen molar-refractivity contribution in [2.75, 3.05) is 0 Å². The van der Waals surface area contributed by atoms with Crippen LogP contribution >= 0.6 is 0 Å². The summed E-state index contributed by atoms with van der Waals surface area (Å²) in [5.74, 6) is 4.56. The molecule has 2 aromatic carbocycles. The van der Waals surface area contributed by atoms with Gasteiger partial charge in [0.25, 0.3) is 0 Å². The van der Waals surface area contributed by atoms with Crippen molar-refractivity contribution in [3.8, 4) is 23.0 Å². The van der Waals surface area contributed by atoms with Crippen LogP contribution < -0.4 is 15.1 Å². The van der Waals surface area contributed by atoms with Gasteiger partial charge in [0.05, 0.1) is 22.7 Å². The molecule has 0 bridgehead atoms. The first-order valence-corrected chi connectivity index (χ1v) is 20.4. The number of rotatable bonds is 9. The molecule has 1 heterocycles. The molecular formula is C44H57NO6. The van der Waals surface area contributed by atoms with Crippen LogP contribution in [0.4, 0.5) is 0 Å². The number of esters is 2. The first kappa shape index (κ1) is 35.9. The topological polar surface area (TPSA) is 95.7 Å². The highest BCUT2D eigenvalue weighted by molar-refractivity contribution is 5.80. The molecule has 1 aromatic heterocycles. The Morgan fingerprint density at radius 1 is 0.627 bits per heavy atom. The second-order valence-corrected chi connectivity index (χ2v) is 16.5. The Kier molecular flexibility index (Phi) is 11.6. The molecule has 4 aliphatic rings. The number of ether oxygens (including phenoxy) is 2. The summed E-state index contributed by atoms with van der Waals surface area (Å²) in [5.41, 5.74) is 0.421. The van der Waals surface area contributed by atoms with Crippen LogP contribution in [0.3, 0.4) is 0 Å². The van der Waals surface area contributed by atoms with Gasteiger partial charge < -0.3 is 13.9 Å². The minimum Gasteiger partial charge on any atom is -0.426 e. The summed E-state index contributed by atoms with van der Waals surface area (Å²) in [6.07, 6.45) is 20.9. The SMILES string of the molecule is CCC1CCC(C2CCC(C(=O)Oc3cc(OC(=O)C4CCC(C5CCC(CC)CC5)CC4)cc(-c4nc5ccccc5c(=O)o4)c3)CC2)CC1. The standard InChI is InChI=1S/C44H57NO6/c1-3-28-9-13-30(14-10-28)32-17-21-34(22-18-32)42(46)49-37-25-36(41-45-40-8-6-5-7-39(40)44(48)51-41)26-38(27-37)50-43(47)35-23-19-33(20-24-35)31-15-11-29(4-2)12-16-31/h5-8,25-35H,3-4,9-24H2,1-2H3. The van der Waals surface area contributed by atoms with Crippen LogP contribution in [-0.4, -0.2) is 16.9 Å². The van der Waals surface area contributed by atoms with E-state index in [4.69, 9.17) is 13.9 Å². The van der Waals surface area contributed by atoms with Crippen molar-refractivity contribution in [3.63, 3.8) is 0 Å². The number of benzene rings is 2. The maximum atomic E-state index is 13.6. The fourth-order valence-corrected chi connectivity index (χ4v) is 10.1. The lowest BCUT2D eigenvalue weighted by Gasteiger charge is -2.37. The molecule has 0 radical (unpaired) electrons. The summed E-state index contributed by atoms with van der Waals surface area (Å²) < 4.78 is 17.7. The van der Waals surface area contributed by atoms with Gasteiger partial charge in [-0.2, -0.15) is 0 Å². The van der Waals surface area contributed by atoms with Gasteiger partial charge >= 0.3 is 17.6 Å². The van der Waals surface area contributed by atoms with Gasteiger partial charge in [-0.1, -0.05) is 64.5 Å². The maximum Gasteiger partial charge on any atom is 0.347 e. The van der Waals surface area contributed by atoms with E-state index in [9.17, 15) is 14.4 Å². The second kappa shape index (κ2) is 16.5. The smallest absolute Gasteiger partial charge is 0.347 e. The van der Waals surface area contributed by atoms with Gasteiger partial charge in [0.15, 0.2) is 0 Å². The molecule has 4 saturated carbocycles. The summed E-state index contributed by atoms with van der Waals surface area (Å²) >= 11 is 0. The largest absolute Gasteiger partial charge is 0.426 e. The van der Waals surface area contributed by atoms with Crippen molar-refractivity contribution < 1.29 is 23.5 Å². The Morgan fingerprint density at radius 2 is 1.06 bits per heavy atom. The predicted molar refractivity (Wildman–Crippen MR) is 199 cm³/mol. The third kappa shape index (κ3) is 8.60. The molecule has 0 unspecified atom stereocenters. The van der Waals surface area contributed by atoms with Crippen LogP contribution in [0.25, 0.3) is 22.4 Å². The number of para-hydroxylation sites is 1. The minimum absolute atomic E-state index is 0.0884. The predicted octanol–water partition coefficient (Wildman–Crippen LogP) is 10.7. The van der Waals surface area contributed by atoms with Crippen molar-refractivity contribution >= 4 is 22.8 Å². The summed E-state index contributed by atoms with van der Waals surface area (Å²) in [6.45, 7) is 4.62. The average Bonchev–Trinajstić information content (AvgIpc) is 3.18. The molecule has 51 heavy (non-hydrogen) atoms. The third-order valence-electron chi connectivity index (χ3n) is 13.6. The van der Waals surface area contributed by atoms with Crippen molar-refractivity contribution in [2.45, 2.75) is 129 Å². The lowest BCUT2D eigenvalue weighted by molar-refractivity contribution is -0.140. The lowest BCUT2D eigenvalue weighted by Crippen LogP contribution is -2.30. The number of hydrogen-bond acceptors (Lipinski definition) is 7. The normalized spacial score (nSPS) is 30.1. The Bertz CT molecular complexity index is 1620. The number of hydrogen-bond donors (Lipinski definition) is 0. The van der Waals surface area contributed by atoms with Gasteiger partial charge in [-0.15, -0.1) is 0 Å². The molecule has 4 fully saturated rings. The van der Waals surface area contributed by atoms with Crippen LogP contribution in [-0.2, 0) is 9.59 Å². The fourth-order valence-electron chi connectivity index (χ4n) is 10.1. The van der Waals surface area contributed by atoms with Crippen LogP contribution in [0, 0.1) is 47.3 Å². The number of carbonyl (C=O) groups is 2. The number of aromatic nitrogens is 1. The molecule has 274 valence electrons. The van der Waals surface area contributed by atoms with E-state index in [1.807, 2.05) is 6.07 Å². The van der Waals surface area contributed by atoms with Crippen LogP contribution in [0.15, 0.2) is 51.7 Å². The van der Waals surface area contributed by atoms with Gasteiger partial charge in [0.2, 0.25) is 5.89 Å². The quantitative estimate of drug-likeness (QED) is 0.162. The van der Waals surface area contributed by atoms with E-state index in [0.29, 0.717) is 28.3 Å². The Balaban J connectivity index is 1.03. The average molecular weight is 696 g/mol. The van der Waals surface area contributed by atoms with E-state index < -0.39 is 5.63 Å². The molecule has 0 atom stereocenters. The number of nitrogens with zero attached hydrogens (tertiary/aromatic N) is 1. The lowest BCUT2D eigenvalue weighted by atomic mass is 9.69. The zero-order valence-corrected chi connectivity index (χ0v) is 30.8. The van der Waals surface area contributed by atoms with Crippen LogP contribution in [0.1, 0.15) is 129 Å². The molecule has 0 N–H and O–H groups in total. The van der Waals surface area contributed by atoms with Gasteiger partial charge in [-0.25, -0.2) is 9.78 Å². The highest BCUT2D eigenvalue weighted by Crippen LogP contribution is 2.44. The zero-order valence-electron chi connectivity index (χ0n) is 30.8. The van der Waals surface area contributed by atoms with E-state index in [0.717, 1.165) is 75.0 Å². The molecule has 7 nitrogen and oxygen atoms in total. The Hall–Kier alpha value is -3.48. The fraction of sp³-hybridized carbons (Fsp3) is 0.636. The van der Waals surface area contributed by atoms with E-state index >= 15 is 0 Å². The number of carbonyl (C=O) groups excluding carboxylic acids is 2. The maximum absolute atomic E-state index is 13.6. The second-order valence-electron chi connectivity index (χ2n) is 16.5. The summed E-state index contributed by atoms with van der Waals surface area (Å²) in [4.78, 5) is 44.6. The summed E-state index contributed by atoms with van der Waals surface area (Å²) in [5, 5.41) is 0.388. The minimum atomic E-state index is -0.503. The van der Waals surface area contributed by atoms with E-state index in [1.54, 1.807) is 36.4 Å². The van der Waals surface area contributed by atoms with Gasteiger partial charge in [-0.3, -0.25) is 9.59 Å². The summed E-state index contributed by atoms with van der Waals surface area (Å²) in [6, 6.07) is 12.0. The van der Waals surface area contributed by atoms with Crippen LogP contribution in [0.5, 0.6) is 11.5 Å². The first-order valence-electron chi connectivity index (χ1n) is 20.4. The molecule has 0 saturated heterocycles. The monoisotopic (exact) mass is 695 g/mol. The Labute approximate surface area is 303 Å². The molecule has 0 aliphatic heterocycles. The van der Waals surface area contributed by atoms with Gasteiger partial charge in [0.1, 0.15) is 11.5 Å². The zero-order chi connectivity index (χ0) is 35.3. The van der Waals surface area contributed by atoms with Gasteiger partial charge in [0, 0.05) is 11.6 Å². The molecule has 0 spiro atoms. The molecule has 0 amide bonds. The number of fused-ring (bicyclic) bond motifs is 1. The van der Waals surface area contributed by atoms with E-state index in [-0.39, 0.29) is 41.2 Å². The summed E-state index contributed by atoms with van der Waals surface area (Å²) in [7, 11) is 0. The van der Waals surface area contributed by atoms with E-state index in [1.165, 1.54) is 64.2 Å².